The number of hydrogen-bond acceptors (Lipinski definition) is 0. The standard InChI is InChI=1S/2C18H15P.C6H5.HI.Pd/c2*1-4-10-16(11-5-1)19(17-12-6-2-7-13-17)18-14-8-3-9-15-18;1-2-4-6-5-3-1;;/h2*1-15H;1-5H;1H;/q;;;;-1/p+1. The maximum absolute atomic E-state index is 3.16. The molecule has 0 aromatic heterocycles. The average Bonchev–Trinajstić information content (AvgIpc) is 3.15. The van der Waals surface area contributed by atoms with Crippen molar-refractivity contribution in [1.82, 2.24) is 0 Å². The van der Waals surface area contributed by atoms with Crippen molar-refractivity contribution in [1.29, 1.82) is 0 Å². The summed E-state index contributed by atoms with van der Waals surface area (Å²) in [7, 11) is -3.08. The Labute approximate surface area is 287 Å². The molecule has 7 aromatic rings. The van der Waals surface area contributed by atoms with Gasteiger partial charge >= 0.3 is 290 Å². The van der Waals surface area contributed by atoms with E-state index in [1.165, 1.54) is 35.9 Å². The van der Waals surface area contributed by atoms with E-state index in [0.29, 0.717) is 0 Å². The first-order valence-electron chi connectivity index (χ1n) is 15.5. The fraction of sp³-hybridized carbons (Fsp3) is 0. The van der Waals surface area contributed by atoms with Gasteiger partial charge in [-0.25, -0.2) is 0 Å². The summed E-state index contributed by atoms with van der Waals surface area (Å²) in [6.07, 6.45) is 0. The van der Waals surface area contributed by atoms with Crippen LogP contribution in [0, 0.1) is 0 Å². The Hall–Kier alpha value is -3.21. The third kappa shape index (κ3) is 5.08. The van der Waals surface area contributed by atoms with Gasteiger partial charge in [0.2, 0.25) is 0 Å². The van der Waals surface area contributed by atoms with Crippen LogP contribution in [0.15, 0.2) is 212 Å². The van der Waals surface area contributed by atoms with Crippen molar-refractivity contribution in [2.75, 3.05) is 0 Å². The summed E-state index contributed by atoms with van der Waals surface area (Å²) in [5.41, 5.74) is -5.81. The SMILES string of the molecule is [I][Pd]([c]1ccccc1)([PH](c1ccccc1)(c1ccccc1)c1ccccc1)[PH](c1ccccc1)(c1ccccc1)c1ccccc1. The van der Waals surface area contributed by atoms with Crippen LogP contribution in [-0.4, -0.2) is 0 Å². The van der Waals surface area contributed by atoms with Gasteiger partial charge in [-0.1, -0.05) is 0 Å². The molecular weight excluding hydrogens is 800 g/mol. The molecule has 0 unspecified atom stereocenters. The molecule has 232 valence electrons. The molecule has 0 N–H and O–H groups in total. The molecule has 0 saturated heterocycles. The van der Waals surface area contributed by atoms with Crippen LogP contribution in [0.1, 0.15) is 0 Å². The molecule has 0 aliphatic carbocycles. The molecular formula is C42H37IP2Pd. The van der Waals surface area contributed by atoms with Gasteiger partial charge in [-0.05, 0) is 0 Å². The third-order valence-electron chi connectivity index (χ3n) is 8.54. The van der Waals surface area contributed by atoms with E-state index in [4.69, 9.17) is 0 Å². The van der Waals surface area contributed by atoms with Crippen molar-refractivity contribution in [2.24, 2.45) is 0 Å². The van der Waals surface area contributed by atoms with E-state index in [9.17, 15) is 0 Å². The topological polar surface area (TPSA) is 0 Å². The van der Waals surface area contributed by atoms with Gasteiger partial charge in [0, 0.05) is 0 Å². The molecule has 0 fully saturated rings. The Morgan fingerprint density at radius 3 is 0.630 bits per heavy atom. The van der Waals surface area contributed by atoms with E-state index in [0.717, 1.165) is 0 Å². The zero-order chi connectivity index (χ0) is 31.3. The molecule has 0 spiro atoms. The second kappa shape index (κ2) is 13.9. The summed E-state index contributed by atoms with van der Waals surface area (Å²) in [5.74, 6) is 0. The van der Waals surface area contributed by atoms with Gasteiger partial charge in [0.25, 0.3) is 0 Å². The van der Waals surface area contributed by atoms with Crippen LogP contribution in [-0.2, 0) is 10.9 Å². The van der Waals surface area contributed by atoms with Crippen LogP contribution in [0.3, 0.4) is 0 Å². The molecule has 0 aliphatic heterocycles. The normalized spacial score (nSPS) is 14.5. The molecule has 0 saturated carbocycles. The molecule has 0 aliphatic rings. The van der Waals surface area contributed by atoms with Gasteiger partial charge in [0.15, 0.2) is 0 Å². The quantitative estimate of drug-likeness (QED) is 0.0785. The van der Waals surface area contributed by atoms with Crippen LogP contribution < -0.4 is 35.9 Å². The Balaban J connectivity index is 1.82. The monoisotopic (exact) mass is 836 g/mol. The molecule has 4 heteroatoms. The Kier molecular flexibility index (Phi) is 9.47. The van der Waals surface area contributed by atoms with Crippen LogP contribution in [0.25, 0.3) is 0 Å². The fourth-order valence-corrected chi connectivity index (χ4v) is 78.0. The van der Waals surface area contributed by atoms with Gasteiger partial charge in [0.1, 0.15) is 0 Å². The summed E-state index contributed by atoms with van der Waals surface area (Å²) in [5, 5.41) is 8.85. The van der Waals surface area contributed by atoms with Gasteiger partial charge in [-0.3, -0.25) is 0 Å². The number of rotatable bonds is 9. The summed E-state index contributed by atoms with van der Waals surface area (Å²) >= 11 is 3.16. The van der Waals surface area contributed by atoms with Crippen molar-refractivity contribution in [2.45, 2.75) is 0 Å². The zero-order valence-corrected chi connectivity index (χ0v) is 31.1. The van der Waals surface area contributed by atoms with Crippen molar-refractivity contribution in [3.05, 3.63) is 212 Å². The Morgan fingerprint density at radius 1 is 0.261 bits per heavy atom. The van der Waals surface area contributed by atoms with Crippen molar-refractivity contribution in [3.8, 4) is 0 Å². The van der Waals surface area contributed by atoms with Crippen LogP contribution in [0.5, 0.6) is 0 Å². The molecule has 0 bridgehead atoms. The fourth-order valence-electron chi connectivity index (χ4n) is 6.70. The summed E-state index contributed by atoms with van der Waals surface area (Å²) < 4.78 is 1.51. The van der Waals surface area contributed by atoms with Crippen LogP contribution >= 0.6 is 30.4 Å². The molecule has 0 radical (unpaired) electrons. The van der Waals surface area contributed by atoms with E-state index in [-0.39, 0.29) is 0 Å². The molecule has 0 nitrogen and oxygen atoms in total. The van der Waals surface area contributed by atoms with Gasteiger partial charge < -0.3 is 0 Å². The summed E-state index contributed by atoms with van der Waals surface area (Å²) in [4.78, 5) is 0. The number of benzene rings is 7. The molecule has 46 heavy (non-hydrogen) atoms. The second-order valence-electron chi connectivity index (χ2n) is 11.1. The van der Waals surface area contributed by atoms with Crippen LogP contribution in [0.4, 0.5) is 0 Å². The average molecular weight is 837 g/mol. The Bertz CT molecular complexity index is 1660. The molecule has 0 atom stereocenters. The predicted octanol–water partition coefficient (Wildman–Crippen LogP) is 8.10. The molecule has 0 amide bonds. The first-order chi connectivity index (χ1) is 22.7. The van der Waals surface area contributed by atoms with Crippen LogP contribution in [0.2, 0.25) is 0 Å². The van der Waals surface area contributed by atoms with Crippen molar-refractivity contribution < 1.29 is 10.9 Å². The Morgan fingerprint density at radius 2 is 0.435 bits per heavy atom. The number of halogens is 1. The summed E-state index contributed by atoms with van der Waals surface area (Å²) in [6.45, 7) is 0. The minimum absolute atomic E-state index is 1.47. The predicted molar refractivity (Wildman–Crippen MR) is 213 cm³/mol. The summed E-state index contributed by atoms with van der Waals surface area (Å²) in [6, 6.07) is 81.2. The van der Waals surface area contributed by atoms with Gasteiger partial charge in [-0.15, -0.1) is 0 Å². The minimum atomic E-state index is -3.08. The zero-order valence-electron chi connectivity index (χ0n) is 25.4. The number of hydrogen-bond donors (Lipinski definition) is 0. The first-order valence-corrected chi connectivity index (χ1v) is 29.2. The van der Waals surface area contributed by atoms with Gasteiger partial charge in [0.05, 0.1) is 0 Å². The first kappa shape index (κ1) is 31.4. The van der Waals surface area contributed by atoms with E-state index >= 15 is 0 Å². The van der Waals surface area contributed by atoms with Crippen molar-refractivity contribution >= 4 is 66.3 Å². The van der Waals surface area contributed by atoms with Crippen molar-refractivity contribution in [3.63, 3.8) is 0 Å². The molecule has 7 rings (SSSR count). The third-order valence-corrected chi connectivity index (χ3v) is 67.0. The molecule has 0 heterocycles. The van der Waals surface area contributed by atoms with E-state index < -0.39 is 21.8 Å². The van der Waals surface area contributed by atoms with Gasteiger partial charge in [-0.2, -0.15) is 0 Å². The van der Waals surface area contributed by atoms with E-state index in [1.54, 1.807) is 0 Å². The maximum atomic E-state index is 3.16. The second-order valence-corrected chi connectivity index (χ2v) is 48.1. The molecule has 7 aromatic carbocycles. The van der Waals surface area contributed by atoms with E-state index in [1.807, 2.05) is 0 Å². The van der Waals surface area contributed by atoms with E-state index in [2.05, 4.69) is 232 Å².